The molecule has 1 aromatic carbocycles. The summed E-state index contributed by atoms with van der Waals surface area (Å²) < 4.78 is 5.32. The molecule has 9 nitrogen and oxygen atoms in total. The monoisotopic (exact) mass is 484 g/mol. The minimum atomic E-state index is -0.793. The highest BCUT2D eigenvalue weighted by Gasteiger charge is 2.38. The number of halogens is 1. The standard InChI is InChI=1S/C19H24BrN3O5.CH5N/c1-11(2)16(22-19(27)28-3)18(26)23-8-4-5-15(23)17(25)21-14-7-6-13(20)9-12(14)10-24;1-2/h6-7,9-11,15-16H,4-5,8H2,1-3H3,(H,21,25)(H,22,27);2H2,1H3. The van der Waals surface area contributed by atoms with Gasteiger partial charge < -0.3 is 26.0 Å². The van der Waals surface area contributed by atoms with E-state index in [-0.39, 0.29) is 17.7 Å². The summed E-state index contributed by atoms with van der Waals surface area (Å²) >= 11 is 3.28. The SMILES string of the molecule is CN.COC(=O)NC(C(=O)N1CCCC1C(=O)Nc1ccc(Br)cc1C=O)C(C)C. The predicted molar refractivity (Wildman–Crippen MR) is 117 cm³/mol. The first-order valence-corrected chi connectivity index (χ1v) is 10.4. The summed E-state index contributed by atoms with van der Waals surface area (Å²) in [4.78, 5) is 50.1. The van der Waals surface area contributed by atoms with E-state index < -0.39 is 18.2 Å². The lowest BCUT2D eigenvalue weighted by Crippen LogP contribution is -2.54. The Morgan fingerprint density at radius 1 is 1.30 bits per heavy atom. The lowest BCUT2D eigenvalue weighted by Gasteiger charge is -2.30. The van der Waals surface area contributed by atoms with Crippen LogP contribution in [0.15, 0.2) is 22.7 Å². The van der Waals surface area contributed by atoms with Crippen molar-refractivity contribution in [2.75, 3.05) is 26.0 Å². The molecule has 0 spiro atoms. The van der Waals surface area contributed by atoms with Gasteiger partial charge in [-0.2, -0.15) is 0 Å². The van der Waals surface area contributed by atoms with E-state index in [1.807, 2.05) is 13.8 Å². The molecule has 1 saturated heterocycles. The molecule has 1 aliphatic rings. The Kier molecular flexibility index (Phi) is 10.5. The number of aldehydes is 1. The normalized spacial score (nSPS) is 16.2. The molecule has 1 heterocycles. The van der Waals surface area contributed by atoms with Gasteiger partial charge in [-0.05, 0) is 44.0 Å². The van der Waals surface area contributed by atoms with Crippen molar-refractivity contribution in [1.29, 1.82) is 0 Å². The number of amides is 3. The molecule has 2 rings (SSSR count). The summed E-state index contributed by atoms with van der Waals surface area (Å²) in [7, 11) is 2.73. The van der Waals surface area contributed by atoms with E-state index in [9.17, 15) is 19.2 Å². The van der Waals surface area contributed by atoms with Crippen LogP contribution in [-0.2, 0) is 14.3 Å². The molecule has 0 aromatic heterocycles. The Morgan fingerprint density at radius 3 is 2.53 bits per heavy atom. The maximum Gasteiger partial charge on any atom is 0.407 e. The third-order valence-corrected chi connectivity index (χ3v) is 5.12. The first kappa shape index (κ1) is 25.6. The highest BCUT2D eigenvalue weighted by Crippen LogP contribution is 2.24. The number of hydrogen-bond acceptors (Lipinski definition) is 6. The Hall–Kier alpha value is -2.46. The Bertz CT molecular complexity index is 772. The fourth-order valence-corrected chi connectivity index (χ4v) is 3.52. The quantitative estimate of drug-likeness (QED) is 0.530. The van der Waals surface area contributed by atoms with Gasteiger partial charge in [0.25, 0.3) is 0 Å². The third-order valence-electron chi connectivity index (χ3n) is 4.63. The number of hydrogen-bond donors (Lipinski definition) is 3. The molecule has 30 heavy (non-hydrogen) atoms. The molecule has 166 valence electrons. The molecule has 0 saturated carbocycles. The van der Waals surface area contributed by atoms with Crippen LogP contribution in [-0.4, -0.2) is 61.9 Å². The van der Waals surface area contributed by atoms with Crippen LogP contribution >= 0.6 is 15.9 Å². The molecule has 1 fully saturated rings. The van der Waals surface area contributed by atoms with Gasteiger partial charge in [0.05, 0.1) is 12.8 Å². The zero-order chi connectivity index (χ0) is 22.8. The number of anilines is 1. The summed E-state index contributed by atoms with van der Waals surface area (Å²) in [5, 5.41) is 5.28. The molecule has 2 unspecified atom stereocenters. The minimum Gasteiger partial charge on any atom is -0.453 e. The molecule has 3 amide bonds. The maximum atomic E-state index is 13.0. The number of nitrogens with one attached hydrogen (secondary N) is 2. The first-order valence-electron chi connectivity index (χ1n) is 9.56. The number of carbonyl (C=O) groups is 4. The summed E-state index contributed by atoms with van der Waals surface area (Å²) in [6, 6.07) is 3.49. The van der Waals surface area contributed by atoms with E-state index >= 15 is 0 Å². The molecular formula is C20H29BrN4O5. The number of nitrogens with zero attached hydrogens (tertiary/aromatic N) is 1. The number of likely N-dealkylation sites (tertiary alicyclic amines) is 1. The van der Waals surface area contributed by atoms with Crippen molar-refractivity contribution >= 4 is 45.8 Å². The molecule has 0 radical (unpaired) electrons. The van der Waals surface area contributed by atoms with E-state index in [1.54, 1.807) is 18.2 Å². The molecule has 1 aromatic rings. The summed E-state index contributed by atoms with van der Waals surface area (Å²) in [5.41, 5.74) is 5.22. The van der Waals surface area contributed by atoms with Crippen molar-refractivity contribution < 1.29 is 23.9 Å². The van der Waals surface area contributed by atoms with Gasteiger partial charge in [0.15, 0.2) is 6.29 Å². The van der Waals surface area contributed by atoms with E-state index in [0.29, 0.717) is 36.9 Å². The average Bonchev–Trinajstić information content (AvgIpc) is 3.23. The van der Waals surface area contributed by atoms with Crippen LogP contribution < -0.4 is 16.4 Å². The van der Waals surface area contributed by atoms with Crippen molar-refractivity contribution in [3.8, 4) is 0 Å². The van der Waals surface area contributed by atoms with Gasteiger partial charge >= 0.3 is 6.09 Å². The number of rotatable bonds is 6. The zero-order valence-corrected chi connectivity index (χ0v) is 19.2. The first-order chi connectivity index (χ1) is 14.3. The van der Waals surface area contributed by atoms with Crippen molar-refractivity contribution in [2.24, 2.45) is 11.7 Å². The van der Waals surface area contributed by atoms with Gasteiger partial charge in [-0.15, -0.1) is 0 Å². The lowest BCUT2D eigenvalue weighted by atomic mass is 10.0. The summed E-state index contributed by atoms with van der Waals surface area (Å²) in [6.07, 6.45) is 1.15. The number of ether oxygens (including phenoxy) is 1. The van der Waals surface area contributed by atoms with Crippen molar-refractivity contribution in [3.05, 3.63) is 28.2 Å². The fraction of sp³-hybridized carbons (Fsp3) is 0.500. The van der Waals surface area contributed by atoms with E-state index in [1.165, 1.54) is 19.1 Å². The van der Waals surface area contributed by atoms with Gasteiger partial charge in [0, 0.05) is 16.6 Å². The molecule has 10 heteroatoms. The number of methoxy groups -OCH3 is 1. The third kappa shape index (κ3) is 6.53. The topological polar surface area (TPSA) is 131 Å². The minimum absolute atomic E-state index is 0.177. The molecule has 4 N–H and O–H groups in total. The predicted octanol–water partition coefficient (Wildman–Crippen LogP) is 2.15. The van der Waals surface area contributed by atoms with Gasteiger partial charge in [-0.3, -0.25) is 14.4 Å². The highest BCUT2D eigenvalue weighted by atomic mass is 79.9. The van der Waals surface area contributed by atoms with Crippen molar-refractivity contribution in [1.82, 2.24) is 10.2 Å². The van der Waals surface area contributed by atoms with Crippen LogP contribution in [0.1, 0.15) is 37.0 Å². The number of carbonyl (C=O) groups excluding carboxylic acids is 4. The molecular weight excluding hydrogens is 456 g/mol. The largest absolute Gasteiger partial charge is 0.453 e. The van der Waals surface area contributed by atoms with Crippen LogP contribution in [0.2, 0.25) is 0 Å². The summed E-state index contributed by atoms with van der Waals surface area (Å²) in [5.74, 6) is -0.870. The van der Waals surface area contributed by atoms with Crippen molar-refractivity contribution in [2.45, 2.75) is 38.8 Å². The molecule has 0 bridgehead atoms. The smallest absolute Gasteiger partial charge is 0.407 e. The van der Waals surface area contributed by atoms with E-state index in [4.69, 9.17) is 0 Å². The van der Waals surface area contributed by atoms with Crippen LogP contribution in [0.25, 0.3) is 0 Å². The second-order valence-corrected chi connectivity index (χ2v) is 7.80. The zero-order valence-electron chi connectivity index (χ0n) is 17.6. The van der Waals surface area contributed by atoms with Crippen LogP contribution in [0.3, 0.4) is 0 Å². The lowest BCUT2D eigenvalue weighted by molar-refractivity contribution is -0.139. The van der Waals surface area contributed by atoms with E-state index in [0.717, 1.165) is 4.47 Å². The Morgan fingerprint density at radius 2 is 1.97 bits per heavy atom. The van der Waals surface area contributed by atoms with Gasteiger partial charge in [0.1, 0.15) is 12.1 Å². The average molecular weight is 485 g/mol. The van der Waals surface area contributed by atoms with Crippen LogP contribution in [0.4, 0.5) is 10.5 Å². The molecule has 2 atom stereocenters. The van der Waals surface area contributed by atoms with Gasteiger partial charge in [-0.1, -0.05) is 29.8 Å². The molecule has 1 aliphatic heterocycles. The second-order valence-electron chi connectivity index (χ2n) is 6.89. The summed E-state index contributed by atoms with van der Waals surface area (Å²) in [6.45, 7) is 4.04. The number of alkyl carbamates (subject to hydrolysis) is 1. The Balaban J connectivity index is 0.00000218. The second kappa shape index (κ2) is 12.3. The molecule has 0 aliphatic carbocycles. The Labute approximate surface area is 184 Å². The van der Waals surface area contributed by atoms with Gasteiger partial charge in [0.2, 0.25) is 11.8 Å². The van der Waals surface area contributed by atoms with Crippen molar-refractivity contribution in [3.63, 3.8) is 0 Å². The highest BCUT2D eigenvalue weighted by molar-refractivity contribution is 9.10. The van der Waals surface area contributed by atoms with Crippen LogP contribution in [0.5, 0.6) is 0 Å². The maximum absolute atomic E-state index is 13.0. The number of benzene rings is 1. The number of nitrogens with two attached hydrogens (primary N) is 1. The van der Waals surface area contributed by atoms with E-state index in [2.05, 4.69) is 37.0 Å². The fourth-order valence-electron chi connectivity index (χ4n) is 3.14. The van der Waals surface area contributed by atoms with Crippen LogP contribution in [0, 0.1) is 5.92 Å². The van der Waals surface area contributed by atoms with Gasteiger partial charge in [-0.25, -0.2) is 4.79 Å².